The molecule has 1 rings (SSSR count). The first-order valence-electron chi connectivity index (χ1n) is 9.53. The van der Waals surface area contributed by atoms with Crippen LogP contribution in [-0.4, -0.2) is 74.6 Å². The van der Waals surface area contributed by atoms with Crippen LogP contribution in [-0.2, 0) is 25.6 Å². The Morgan fingerprint density at radius 2 is 1.77 bits per heavy atom. The van der Waals surface area contributed by atoms with Gasteiger partial charge in [-0.3, -0.25) is 14.4 Å². The second kappa shape index (κ2) is 11.9. The number of aromatic amines is 1. The zero-order valence-electron chi connectivity index (χ0n) is 17.2. The summed E-state index contributed by atoms with van der Waals surface area (Å²) in [6.07, 6.45) is 1.77. The van der Waals surface area contributed by atoms with Crippen molar-refractivity contribution in [1.82, 2.24) is 25.9 Å². The topological polar surface area (TPSA) is 200 Å². The van der Waals surface area contributed by atoms with Gasteiger partial charge in [-0.1, -0.05) is 13.8 Å². The number of aliphatic hydroxyl groups excluding tert-OH is 1. The van der Waals surface area contributed by atoms with E-state index in [1.54, 1.807) is 13.8 Å². The number of carboxylic acid groups (broad SMARTS) is 1. The minimum absolute atomic E-state index is 0.00347. The normalized spacial score (nSPS) is 15.0. The Bertz CT molecular complexity index is 721. The monoisotopic (exact) mass is 426 g/mol. The molecule has 4 atom stereocenters. The lowest BCUT2D eigenvalue weighted by atomic mass is 10.0. The SMILES string of the molecule is CC(C)CC(NC(=O)C(NC(=O)C(Cc1cnc[nH]1)NC(=O)CN)C(C)O)C(=O)O. The number of aliphatic carboxylic acids is 1. The van der Waals surface area contributed by atoms with Gasteiger partial charge in [0, 0.05) is 18.3 Å². The number of nitrogens with two attached hydrogens (primary N) is 1. The molecule has 0 saturated heterocycles. The number of amides is 3. The van der Waals surface area contributed by atoms with Gasteiger partial charge in [-0.25, -0.2) is 9.78 Å². The summed E-state index contributed by atoms with van der Waals surface area (Å²) in [4.78, 5) is 55.0. The lowest BCUT2D eigenvalue weighted by molar-refractivity contribution is -0.143. The molecule has 0 spiro atoms. The van der Waals surface area contributed by atoms with Crippen LogP contribution in [0.15, 0.2) is 12.5 Å². The third kappa shape index (κ3) is 8.17. The average molecular weight is 426 g/mol. The van der Waals surface area contributed by atoms with Crippen molar-refractivity contribution < 1.29 is 29.4 Å². The fourth-order valence-electron chi connectivity index (χ4n) is 2.69. The Balaban J connectivity index is 2.93. The summed E-state index contributed by atoms with van der Waals surface area (Å²) >= 11 is 0. The molecule has 0 bridgehead atoms. The van der Waals surface area contributed by atoms with Crippen molar-refractivity contribution in [1.29, 1.82) is 0 Å². The zero-order valence-corrected chi connectivity index (χ0v) is 17.2. The van der Waals surface area contributed by atoms with Crippen LogP contribution in [0.25, 0.3) is 0 Å². The molecule has 0 aliphatic rings. The van der Waals surface area contributed by atoms with Crippen molar-refractivity contribution >= 4 is 23.7 Å². The van der Waals surface area contributed by atoms with Crippen molar-refractivity contribution in [3.05, 3.63) is 18.2 Å². The Morgan fingerprint density at radius 1 is 1.10 bits per heavy atom. The van der Waals surface area contributed by atoms with Gasteiger partial charge >= 0.3 is 5.97 Å². The van der Waals surface area contributed by atoms with Gasteiger partial charge in [0.25, 0.3) is 0 Å². The molecule has 8 N–H and O–H groups in total. The second-order valence-corrected chi connectivity index (χ2v) is 7.36. The number of imidazole rings is 1. The van der Waals surface area contributed by atoms with Gasteiger partial charge in [0.15, 0.2) is 0 Å². The average Bonchev–Trinajstić information content (AvgIpc) is 3.16. The van der Waals surface area contributed by atoms with E-state index >= 15 is 0 Å². The first-order valence-corrected chi connectivity index (χ1v) is 9.53. The molecule has 30 heavy (non-hydrogen) atoms. The van der Waals surface area contributed by atoms with Crippen molar-refractivity contribution in [2.24, 2.45) is 11.7 Å². The van der Waals surface area contributed by atoms with Crippen LogP contribution >= 0.6 is 0 Å². The highest BCUT2D eigenvalue weighted by Crippen LogP contribution is 2.07. The third-order valence-electron chi connectivity index (χ3n) is 4.20. The molecule has 0 aliphatic carbocycles. The maximum atomic E-state index is 12.7. The van der Waals surface area contributed by atoms with Gasteiger partial charge in [0.05, 0.1) is 19.0 Å². The van der Waals surface area contributed by atoms with Crippen LogP contribution in [0.3, 0.4) is 0 Å². The number of carbonyl (C=O) groups is 4. The van der Waals surface area contributed by atoms with Gasteiger partial charge in [0.1, 0.15) is 18.1 Å². The third-order valence-corrected chi connectivity index (χ3v) is 4.20. The lowest BCUT2D eigenvalue weighted by Crippen LogP contribution is -2.59. The van der Waals surface area contributed by atoms with Gasteiger partial charge in [-0.15, -0.1) is 0 Å². The lowest BCUT2D eigenvalue weighted by Gasteiger charge is -2.26. The van der Waals surface area contributed by atoms with E-state index in [0.29, 0.717) is 5.69 Å². The van der Waals surface area contributed by atoms with Crippen LogP contribution in [0.4, 0.5) is 0 Å². The smallest absolute Gasteiger partial charge is 0.326 e. The van der Waals surface area contributed by atoms with Crippen LogP contribution in [0, 0.1) is 5.92 Å². The van der Waals surface area contributed by atoms with E-state index in [9.17, 15) is 29.4 Å². The van der Waals surface area contributed by atoms with Crippen LogP contribution in [0.5, 0.6) is 0 Å². The number of nitrogens with zero attached hydrogens (tertiary/aromatic N) is 1. The molecular weight excluding hydrogens is 396 g/mol. The minimum Gasteiger partial charge on any atom is -0.480 e. The molecule has 1 aromatic heterocycles. The first kappa shape index (κ1) is 25.0. The molecule has 0 fully saturated rings. The van der Waals surface area contributed by atoms with E-state index in [0.717, 1.165) is 0 Å². The van der Waals surface area contributed by atoms with E-state index in [-0.39, 0.29) is 25.3 Å². The highest BCUT2D eigenvalue weighted by atomic mass is 16.4. The fourth-order valence-corrected chi connectivity index (χ4v) is 2.69. The van der Waals surface area contributed by atoms with E-state index < -0.39 is 47.9 Å². The first-order chi connectivity index (χ1) is 14.0. The number of carbonyl (C=O) groups excluding carboxylic acids is 3. The summed E-state index contributed by atoms with van der Waals surface area (Å²) in [7, 11) is 0. The standard InChI is InChI=1S/C18H30N6O6/c1-9(2)4-13(18(29)30)23-17(28)15(10(3)25)24-16(27)12(22-14(26)6-19)5-11-7-20-8-21-11/h7-10,12-13,15,25H,4-6,19H2,1-3H3,(H,20,21)(H,22,26)(H,23,28)(H,24,27)(H,29,30). The minimum atomic E-state index is -1.43. The van der Waals surface area contributed by atoms with E-state index in [1.165, 1.54) is 19.4 Å². The number of aromatic nitrogens is 2. The predicted molar refractivity (Wildman–Crippen MR) is 106 cm³/mol. The molecule has 3 amide bonds. The molecule has 12 nitrogen and oxygen atoms in total. The molecule has 0 aromatic carbocycles. The maximum Gasteiger partial charge on any atom is 0.326 e. The highest BCUT2D eigenvalue weighted by molar-refractivity contribution is 5.94. The van der Waals surface area contributed by atoms with Crippen molar-refractivity contribution in [3.8, 4) is 0 Å². The molecule has 0 saturated carbocycles. The number of H-pyrrole nitrogens is 1. The second-order valence-electron chi connectivity index (χ2n) is 7.36. The number of nitrogens with one attached hydrogen (secondary N) is 4. The Labute approximate surface area is 174 Å². The Morgan fingerprint density at radius 3 is 2.23 bits per heavy atom. The molecule has 0 radical (unpaired) electrons. The molecule has 1 aromatic rings. The molecular formula is C18H30N6O6. The number of aliphatic hydroxyl groups is 1. The number of carboxylic acids is 1. The summed E-state index contributed by atoms with van der Waals surface area (Å²) in [6, 6.07) is -3.69. The summed E-state index contributed by atoms with van der Waals surface area (Å²) in [5, 5.41) is 26.4. The highest BCUT2D eigenvalue weighted by Gasteiger charge is 2.32. The molecule has 168 valence electrons. The van der Waals surface area contributed by atoms with E-state index in [2.05, 4.69) is 25.9 Å². The molecule has 12 heteroatoms. The van der Waals surface area contributed by atoms with Crippen molar-refractivity contribution in [2.75, 3.05) is 6.54 Å². The quantitative estimate of drug-likeness (QED) is 0.196. The molecule has 4 unspecified atom stereocenters. The summed E-state index contributed by atoms with van der Waals surface area (Å²) < 4.78 is 0. The van der Waals surface area contributed by atoms with Crippen LogP contribution in [0.2, 0.25) is 0 Å². The fraction of sp³-hybridized carbons (Fsp3) is 0.611. The molecule has 1 heterocycles. The van der Waals surface area contributed by atoms with Crippen molar-refractivity contribution in [2.45, 2.75) is 57.8 Å². The predicted octanol–water partition coefficient (Wildman–Crippen LogP) is -2.12. The van der Waals surface area contributed by atoms with Gasteiger partial charge < -0.3 is 36.9 Å². The van der Waals surface area contributed by atoms with E-state index in [1.807, 2.05) is 0 Å². The van der Waals surface area contributed by atoms with Crippen LogP contribution in [0.1, 0.15) is 32.9 Å². The summed E-state index contributed by atoms with van der Waals surface area (Å²) in [5.74, 6) is -3.41. The maximum absolute atomic E-state index is 12.7. The van der Waals surface area contributed by atoms with Gasteiger partial charge in [-0.05, 0) is 19.3 Å². The summed E-state index contributed by atoms with van der Waals surface area (Å²) in [6.45, 7) is 4.54. The Kier molecular flexibility index (Phi) is 9.92. The zero-order chi connectivity index (χ0) is 22.8. The molecule has 0 aliphatic heterocycles. The van der Waals surface area contributed by atoms with Crippen molar-refractivity contribution in [3.63, 3.8) is 0 Å². The summed E-state index contributed by atoms with van der Waals surface area (Å²) in [5.41, 5.74) is 5.84. The largest absolute Gasteiger partial charge is 0.480 e. The number of hydrogen-bond acceptors (Lipinski definition) is 7. The van der Waals surface area contributed by atoms with E-state index in [4.69, 9.17) is 5.73 Å². The van der Waals surface area contributed by atoms with Gasteiger partial charge in [-0.2, -0.15) is 0 Å². The van der Waals surface area contributed by atoms with Crippen LogP contribution < -0.4 is 21.7 Å². The number of rotatable bonds is 12. The number of hydrogen-bond donors (Lipinski definition) is 7. The Hall–Kier alpha value is -2.99. The van der Waals surface area contributed by atoms with Gasteiger partial charge in [0.2, 0.25) is 17.7 Å².